The van der Waals surface area contributed by atoms with Crippen molar-refractivity contribution in [1.82, 2.24) is 0 Å². The average molecular weight is 904 g/mol. The zero-order valence-corrected chi connectivity index (χ0v) is 44.5. The second-order valence-electron chi connectivity index (χ2n) is 23.2. The zero-order chi connectivity index (χ0) is 42.1. The Balaban J connectivity index is 0.00000400. The largest absolute Gasteiger partial charge is 1.00 e. The van der Waals surface area contributed by atoms with Crippen molar-refractivity contribution in [1.29, 1.82) is 0 Å². The smallest absolute Gasteiger partial charge is 1.00 e. The van der Waals surface area contributed by atoms with Crippen LogP contribution in [0.15, 0.2) is 109 Å². The summed E-state index contributed by atoms with van der Waals surface area (Å²) < 4.78 is -0.278. The Bertz CT molecular complexity index is 1860. The van der Waals surface area contributed by atoms with Gasteiger partial charge in [-0.05, 0) is 0 Å². The van der Waals surface area contributed by atoms with Gasteiger partial charge >= 0.3 is 359 Å². The van der Waals surface area contributed by atoms with Crippen LogP contribution in [0.2, 0.25) is 3.34 Å². The normalized spacial score (nSPS) is 16.5. The van der Waals surface area contributed by atoms with Gasteiger partial charge in [0.15, 0.2) is 0 Å². The fourth-order valence-electron chi connectivity index (χ4n) is 8.15. The molecule has 59 heavy (non-hydrogen) atoms. The van der Waals surface area contributed by atoms with Crippen LogP contribution in [0.1, 0.15) is 164 Å². The van der Waals surface area contributed by atoms with E-state index in [1.165, 1.54) is 60.1 Å². The molecule has 1 aliphatic carbocycles. The first-order valence-corrected chi connectivity index (χ1v) is 23.8. The summed E-state index contributed by atoms with van der Waals surface area (Å²) in [4.78, 5) is 0. The van der Waals surface area contributed by atoms with Gasteiger partial charge in [0.25, 0.3) is 0 Å². The fraction of sp³-hybridized carbons (Fsp3) is 0.481. The summed E-state index contributed by atoms with van der Waals surface area (Å²) in [6.07, 6.45) is 8.73. The number of halogens is 3. The van der Waals surface area contributed by atoms with Gasteiger partial charge in [0.2, 0.25) is 0 Å². The molecule has 0 nitrogen and oxygen atoms in total. The van der Waals surface area contributed by atoms with E-state index >= 15 is 0 Å². The fourth-order valence-corrected chi connectivity index (χ4v) is 16.0. The Morgan fingerprint density at radius 3 is 0.949 bits per heavy atom. The van der Waals surface area contributed by atoms with Gasteiger partial charge in [0.05, 0.1) is 0 Å². The molecule has 5 heteroatoms. The molecule has 318 valence electrons. The molecular weight excluding hydrogens is 831 g/mol. The summed E-state index contributed by atoms with van der Waals surface area (Å²) in [5.41, 5.74) is 11.1. The van der Waals surface area contributed by atoms with Crippen molar-refractivity contribution < 1.29 is 57.7 Å². The van der Waals surface area contributed by atoms with E-state index in [1.54, 1.807) is 0 Å². The van der Waals surface area contributed by atoms with E-state index in [0.717, 1.165) is 6.42 Å². The van der Waals surface area contributed by atoms with Gasteiger partial charge in [-0.25, -0.2) is 0 Å². The van der Waals surface area contributed by atoms with E-state index in [2.05, 4.69) is 248 Å². The summed E-state index contributed by atoms with van der Waals surface area (Å²) in [5.74, 6) is 0. The zero-order valence-electron chi connectivity index (χ0n) is 39.7. The molecule has 0 spiro atoms. The van der Waals surface area contributed by atoms with Crippen molar-refractivity contribution in [3.8, 4) is 0 Å². The molecule has 0 bridgehead atoms. The van der Waals surface area contributed by atoms with E-state index in [0.29, 0.717) is 0 Å². The number of hydrogen-bond acceptors (Lipinski definition) is 0. The van der Waals surface area contributed by atoms with Crippen LogP contribution in [0.25, 0.3) is 0 Å². The molecule has 4 aromatic carbocycles. The Morgan fingerprint density at radius 2 is 0.695 bits per heavy atom. The van der Waals surface area contributed by atoms with Crippen molar-refractivity contribution in [2.24, 2.45) is 0 Å². The van der Waals surface area contributed by atoms with Gasteiger partial charge in [0, 0.05) is 0 Å². The van der Waals surface area contributed by atoms with Gasteiger partial charge in [-0.2, -0.15) is 0 Å². The van der Waals surface area contributed by atoms with E-state index in [9.17, 15) is 0 Å². The third-order valence-electron chi connectivity index (χ3n) is 12.1. The van der Waals surface area contributed by atoms with Crippen LogP contribution in [0, 0.1) is 0 Å². The molecule has 0 fully saturated rings. The van der Waals surface area contributed by atoms with E-state index in [1.807, 2.05) is 0 Å². The SMILES string of the molecule is CC(C)(C)c1cc(C(C)(C)C)cc([Si](c2cc(C(C)(C)C)cc(C(C)(C)C)c2)(c2cc(C(C)(C)C)cc(C(C)(C)C)c2)[C]2([Ti+3])C=CC(Cc3ccccc3)=C2)c1.[Cl-].[Cl-].[Cl-]. The summed E-state index contributed by atoms with van der Waals surface area (Å²) in [5, 5.41) is 4.53. The molecule has 1 unspecified atom stereocenters. The third kappa shape index (κ3) is 11.4. The van der Waals surface area contributed by atoms with Gasteiger partial charge in [-0.3, -0.25) is 0 Å². The van der Waals surface area contributed by atoms with Gasteiger partial charge in [-0.15, -0.1) is 0 Å². The predicted molar refractivity (Wildman–Crippen MR) is 246 cm³/mol. The van der Waals surface area contributed by atoms with Crippen LogP contribution in [0.4, 0.5) is 0 Å². The Morgan fingerprint density at radius 1 is 0.424 bits per heavy atom. The number of hydrogen-bond donors (Lipinski definition) is 0. The van der Waals surface area contributed by atoms with Crippen molar-refractivity contribution in [2.45, 2.75) is 167 Å². The average Bonchev–Trinajstić information content (AvgIpc) is 3.43. The molecule has 0 N–H and O–H groups in total. The first kappa shape index (κ1) is 53.3. The van der Waals surface area contributed by atoms with E-state index < -0.39 is 8.07 Å². The topological polar surface area (TPSA) is 0 Å². The van der Waals surface area contributed by atoms with Crippen LogP contribution in [0.5, 0.6) is 0 Å². The molecule has 0 radical (unpaired) electrons. The molecule has 0 heterocycles. The maximum Gasteiger partial charge on any atom is -1.00 e. The van der Waals surface area contributed by atoms with Crippen molar-refractivity contribution in [3.05, 3.63) is 148 Å². The van der Waals surface area contributed by atoms with Crippen LogP contribution >= 0.6 is 0 Å². The number of benzene rings is 4. The Kier molecular flexibility index (Phi) is 16.4. The predicted octanol–water partition coefficient (Wildman–Crippen LogP) is 3.94. The van der Waals surface area contributed by atoms with Gasteiger partial charge < -0.3 is 37.2 Å². The minimum atomic E-state index is -3.10. The van der Waals surface area contributed by atoms with E-state index in [4.69, 9.17) is 0 Å². The standard InChI is InChI=1S/C54H73Si.3ClH.Ti/c1-49(2,3)39-28-40(50(4,5)6)32-46(31-39)55(45-25-24-38(27-45)26-37-22-20-19-21-23-37,47-33-41(51(7,8)9)29-42(34-47)52(10,11)12)48-35-43(53(13,14)15)30-44(36-48)54(16,17)18;;;;/h19-25,27-36H,26H2,1-18H3;3*1H;/q;;;;+3/p-3. The molecule has 5 rings (SSSR count). The monoisotopic (exact) mass is 902 g/mol. The van der Waals surface area contributed by atoms with Crippen LogP contribution in [-0.4, -0.2) is 8.07 Å². The van der Waals surface area contributed by atoms with Gasteiger partial charge in [-0.1, -0.05) is 0 Å². The van der Waals surface area contributed by atoms with Crippen molar-refractivity contribution in [2.75, 3.05) is 0 Å². The van der Waals surface area contributed by atoms with E-state index in [-0.39, 0.29) is 73.1 Å². The molecule has 1 aliphatic rings. The summed E-state index contributed by atoms with van der Waals surface area (Å²) in [7, 11) is -3.10. The van der Waals surface area contributed by atoms with Crippen LogP contribution in [0.3, 0.4) is 0 Å². The summed E-state index contributed by atoms with van der Waals surface area (Å²) >= 11 is 2.59. The Hall–Kier alpha value is -1.84. The van der Waals surface area contributed by atoms with Crippen molar-refractivity contribution in [3.63, 3.8) is 0 Å². The summed E-state index contributed by atoms with van der Waals surface area (Å²) in [6.45, 7) is 43.1. The van der Waals surface area contributed by atoms with Crippen LogP contribution in [-0.2, 0) is 59.3 Å². The Labute approximate surface area is 393 Å². The number of allylic oxidation sites excluding steroid dienone is 4. The molecule has 1 atom stereocenters. The van der Waals surface area contributed by atoms with Crippen LogP contribution < -0.4 is 52.8 Å². The summed E-state index contributed by atoms with van der Waals surface area (Å²) in [6, 6.07) is 34.5. The number of rotatable bonds is 6. The molecule has 0 aromatic heterocycles. The molecule has 4 aromatic rings. The quantitative estimate of drug-likeness (QED) is 0.204. The second-order valence-corrected chi connectivity index (χ2v) is 29.4. The maximum absolute atomic E-state index is 3.10. The molecule has 0 amide bonds. The molecule has 0 aliphatic heterocycles. The maximum atomic E-state index is 2.70. The minimum Gasteiger partial charge on any atom is -1.00 e. The molecule has 0 saturated heterocycles. The first-order chi connectivity index (χ1) is 25.4. The first-order valence-electron chi connectivity index (χ1n) is 21.1. The third-order valence-corrected chi connectivity index (χ3v) is 19.4. The van der Waals surface area contributed by atoms with Crippen molar-refractivity contribution >= 4 is 23.6 Å². The van der Waals surface area contributed by atoms with Gasteiger partial charge in [0.1, 0.15) is 0 Å². The minimum absolute atomic E-state index is 0. The molecule has 0 saturated carbocycles. The molecular formula is C54H73Cl3SiTi. The second kappa shape index (κ2) is 18.1.